The zero-order valence-corrected chi connectivity index (χ0v) is 16.9. The first-order valence-corrected chi connectivity index (χ1v) is 11.1. The fourth-order valence-corrected chi connectivity index (χ4v) is 5.98. The number of hydrogen-bond acceptors (Lipinski definition) is 2. The Morgan fingerprint density at radius 1 is 0.867 bits per heavy atom. The number of nitrogens with zero attached hydrogens (tertiary/aromatic N) is 2. The molecule has 0 saturated heterocycles. The Morgan fingerprint density at radius 2 is 1.70 bits per heavy atom. The van der Waals surface area contributed by atoms with Crippen LogP contribution in [0.3, 0.4) is 0 Å². The number of benzene rings is 2. The summed E-state index contributed by atoms with van der Waals surface area (Å²) in [6.45, 7) is -1.68. The van der Waals surface area contributed by atoms with Crippen molar-refractivity contribution in [1.82, 2.24) is 4.48 Å². The van der Waals surface area contributed by atoms with Crippen molar-refractivity contribution in [2.75, 3.05) is 0 Å². The Bertz CT molecular complexity index is 1410. The molecule has 0 radical (unpaired) electrons. The molecular weight excluding hydrogens is 387 g/mol. The highest BCUT2D eigenvalue weighted by Crippen LogP contribution is 2.46. The van der Waals surface area contributed by atoms with Gasteiger partial charge in [0.1, 0.15) is 6.21 Å². The van der Waals surface area contributed by atoms with Crippen LogP contribution in [0.1, 0.15) is 11.3 Å². The van der Waals surface area contributed by atoms with Gasteiger partial charge in [0.2, 0.25) is 0 Å². The summed E-state index contributed by atoms with van der Waals surface area (Å²) in [5.74, 6) is 0.934. The first-order valence-electron chi connectivity index (χ1n) is 10.2. The summed E-state index contributed by atoms with van der Waals surface area (Å²) in [5, 5.41) is 4.36. The van der Waals surface area contributed by atoms with E-state index in [4.69, 9.17) is 4.65 Å². The molecule has 5 heterocycles. The highest BCUT2D eigenvalue weighted by atomic mass is 32.1. The van der Waals surface area contributed by atoms with E-state index in [9.17, 15) is 0 Å². The summed E-state index contributed by atoms with van der Waals surface area (Å²) in [4.78, 5) is 0. The molecule has 142 valence electrons. The maximum Gasteiger partial charge on any atom is 0.598 e. The van der Waals surface area contributed by atoms with Crippen LogP contribution in [0, 0.1) is 0 Å². The molecule has 5 heteroatoms. The van der Waals surface area contributed by atoms with E-state index in [0.29, 0.717) is 0 Å². The third-order valence-electron chi connectivity index (χ3n) is 6.43. The van der Waals surface area contributed by atoms with Crippen molar-refractivity contribution in [3.63, 3.8) is 0 Å². The van der Waals surface area contributed by atoms with Gasteiger partial charge in [0.25, 0.3) is 0 Å². The lowest BCUT2D eigenvalue weighted by Gasteiger charge is -2.46. The third kappa shape index (κ3) is 1.88. The molecule has 0 bridgehead atoms. The SMILES string of the molecule is C1=CC2=C(c3ccccc3)c3ccc4n3[B@@-](c3ccsc3)(Oc3ccccc3-4)[N+]2=C1. The van der Waals surface area contributed by atoms with E-state index in [-0.39, 0.29) is 0 Å². The number of thiophene rings is 1. The quantitative estimate of drug-likeness (QED) is 0.442. The minimum atomic E-state index is -1.68. The number of para-hydroxylation sites is 1. The second kappa shape index (κ2) is 5.74. The van der Waals surface area contributed by atoms with Crippen molar-refractivity contribution in [3.8, 4) is 17.0 Å². The van der Waals surface area contributed by atoms with Crippen LogP contribution >= 0.6 is 11.3 Å². The molecule has 0 spiro atoms. The predicted octanol–water partition coefficient (Wildman–Crippen LogP) is 4.73. The lowest BCUT2D eigenvalue weighted by molar-refractivity contribution is -0.342. The van der Waals surface area contributed by atoms with Gasteiger partial charge in [-0.05, 0) is 40.6 Å². The molecule has 7 rings (SSSR count). The van der Waals surface area contributed by atoms with Gasteiger partial charge in [-0.2, -0.15) is 11.3 Å². The van der Waals surface area contributed by atoms with Gasteiger partial charge in [0.05, 0.1) is 11.3 Å². The van der Waals surface area contributed by atoms with E-state index in [1.807, 2.05) is 0 Å². The Hall–Kier alpha value is -3.57. The first-order chi connectivity index (χ1) is 14.9. The van der Waals surface area contributed by atoms with Crippen LogP contribution in [0.5, 0.6) is 5.75 Å². The normalized spacial score (nSPS) is 20.3. The minimum absolute atomic E-state index is 0.934. The zero-order chi connectivity index (χ0) is 19.7. The molecule has 3 nitrogen and oxygen atoms in total. The summed E-state index contributed by atoms with van der Waals surface area (Å²) >= 11 is 1.71. The molecule has 2 aromatic heterocycles. The van der Waals surface area contributed by atoms with Crippen molar-refractivity contribution in [2.24, 2.45) is 0 Å². The van der Waals surface area contributed by atoms with E-state index < -0.39 is 6.62 Å². The topological polar surface area (TPSA) is 17.2 Å². The van der Waals surface area contributed by atoms with Gasteiger partial charge in [-0.1, -0.05) is 54.0 Å². The molecule has 1 atom stereocenters. The standard InChI is InChI=1S/C25H17BN2OS/c1-2-7-18(8-3-1)25-22-10-6-15-27(22)26(19-14-16-30-17-19)28-21(12-13-23(25)28)20-9-4-5-11-24(20)29-26/h1-17H/t26-/m0/s1. The maximum absolute atomic E-state index is 6.98. The predicted molar refractivity (Wildman–Crippen MR) is 124 cm³/mol. The maximum atomic E-state index is 6.98. The summed E-state index contributed by atoms with van der Waals surface area (Å²) in [6.07, 6.45) is 6.50. The average molecular weight is 404 g/mol. The van der Waals surface area contributed by atoms with Gasteiger partial charge >= 0.3 is 6.62 Å². The van der Waals surface area contributed by atoms with E-state index in [0.717, 1.165) is 11.3 Å². The van der Waals surface area contributed by atoms with Gasteiger partial charge in [0.15, 0.2) is 5.70 Å². The van der Waals surface area contributed by atoms with Crippen LogP contribution < -0.4 is 10.1 Å². The van der Waals surface area contributed by atoms with Crippen LogP contribution in [0.15, 0.2) is 101 Å². The van der Waals surface area contributed by atoms with Crippen molar-refractivity contribution >= 4 is 35.2 Å². The lowest BCUT2D eigenvalue weighted by atomic mass is 9.55. The number of hydrogen-bond donors (Lipinski definition) is 0. The molecule has 0 saturated carbocycles. The molecule has 0 amide bonds. The minimum Gasteiger partial charge on any atom is -0.635 e. The average Bonchev–Trinajstić information content (AvgIpc) is 3.56. The summed E-state index contributed by atoms with van der Waals surface area (Å²) in [7, 11) is 0. The fraction of sp³-hybridized carbons (Fsp3) is 0. The Kier molecular flexibility index (Phi) is 3.11. The van der Waals surface area contributed by atoms with Crippen molar-refractivity contribution < 1.29 is 9.14 Å². The highest BCUT2D eigenvalue weighted by Gasteiger charge is 2.56. The van der Waals surface area contributed by atoms with Crippen LogP contribution in [-0.2, 0) is 0 Å². The van der Waals surface area contributed by atoms with Gasteiger partial charge in [-0.3, -0.25) is 0 Å². The largest absolute Gasteiger partial charge is 0.635 e. The molecule has 3 aliphatic rings. The number of aromatic nitrogens is 1. The van der Waals surface area contributed by atoms with Crippen LogP contribution in [0.25, 0.3) is 16.8 Å². The molecule has 30 heavy (non-hydrogen) atoms. The summed E-state index contributed by atoms with van der Waals surface area (Å²) < 4.78 is 11.8. The van der Waals surface area contributed by atoms with Gasteiger partial charge in [-0.25, -0.2) is 0 Å². The molecule has 4 aromatic rings. The van der Waals surface area contributed by atoms with E-state index in [1.54, 1.807) is 11.3 Å². The van der Waals surface area contributed by atoms with Gasteiger partial charge < -0.3 is 13.6 Å². The van der Waals surface area contributed by atoms with Crippen LogP contribution in [-0.4, -0.2) is 21.8 Å². The first kappa shape index (κ1) is 16.3. The molecule has 3 aliphatic heterocycles. The molecule has 0 fully saturated rings. The van der Waals surface area contributed by atoms with E-state index >= 15 is 0 Å². The summed E-state index contributed by atoms with van der Waals surface area (Å²) in [5.41, 5.74) is 8.37. The Labute approximate surface area is 178 Å². The van der Waals surface area contributed by atoms with Crippen molar-refractivity contribution in [1.29, 1.82) is 0 Å². The number of allylic oxidation sites excluding steroid dienone is 2. The van der Waals surface area contributed by atoms with Crippen LogP contribution in [0.2, 0.25) is 0 Å². The second-order valence-electron chi connectivity index (χ2n) is 7.89. The zero-order valence-electron chi connectivity index (χ0n) is 16.1. The molecular formula is C25H17BN2OS. The summed E-state index contributed by atoms with van der Waals surface area (Å²) in [6, 6.07) is 25.7. The van der Waals surface area contributed by atoms with Crippen molar-refractivity contribution in [3.05, 3.63) is 113 Å². The van der Waals surface area contributed by atoms with Gasteiger partial charge in [0, 0.05) is 29.1 Å². The van der Waals surface area contributed by atoms with Crippen LogP contribution in [0.4, 0.5) is 0 Å². The molecule has 0 aliphatic carbocycles. The van der Waals surface area contributed by atoms with E-state index in [1.165, 1.54) is 33.7 Å². The monoisotopic (exact) mass is 404 g/mol. The van der Waals surface area contributed by atoms with Crippen molar-refractivity contribution in [2.45, 2.75) is 0 Å². The Morgan fingerprint density at radius 3 is 2.57 bits per heavy atom. The lowest BCUT2D eigenvalue weighted by Crippen LogP contribution is -2.70. The third-order valence-corrected chi connectivity index (χ3v) is 7.13. The smallest absolute Gasteiger partial charge is 0.598 e. The molecule has 2 aromatic carbocycles. The van der Waals surface area contributed by atoms with E-state index in [2.05, 4.69) is 111 Å². The number of fused-ring (bicyclic) bond motifs is 4. The second-order valence-corrected chi connectivity index (χ2v) is 8.67. The van der Waals surface area contributed by atoms with Gasteiger partial charge in [-0.15, -0.1) is 0 Å². The number of rotatable bonds is 2. The fourth-order valence-electron chi connectivity index (χ4n) is 5.25. The highest BCUT2D eigenvalue weighted by molar-refractivity contribution is 7.09. The molecule has 0 N–H and O–H groups in total. The Balaban J connectivity index is 1.64. The molecule has 0 unspecified atom stereocenters.